The number of aliphatic hydroxyl groups excluding tert-OH is 2. The Balaban J connectivity index is 4.70. The number of phosphoric ester groups is 2. The van der Waals surface area contributed by atoms with Gasteiger partial charge in [-0.15, -0.1) is 0 Å². The predicted molar refractivity (Wildman–Crippen MR) is 454 cm³/mol. The molecule has 0 bridgehead atoms. The zero-order valence-corrected chi connectivity index (χ0v) is 69.7. The topological polar surface area (TPSA) is 231 Å². The highest BCUT2D eigenvalue weighted by atomic mass is 31.2. The van der Waals surface area contributed by atoms with Gasteiger partial charge in [0.2, 0.25) is 0 Å². The van der Waals surface area contributed by atoms with Crippen LogP contribution in [0.2, 0.25) is 0 Å². The first kappa shape index (κ1) is 104. The Labute approximate surface area is 662 Å². The van der Waals surface area contributed by atoms with Gasteiger partial charge in [0.1, 0.15) is 25.4 Å². The van der Waals surface area contributed by atoms with Crippen molar-refractivity contribution >= 4 is 33.6 Å². The van der Waals surface area contributed by atoms with Gasteiger partial charge in [0.05, 0.1) is 26.4 Å². The molecule has 0 aliphatic carbocycles. The molecule has 0 aliphatic rings. The Morgan fingerprint density at radius 3 is 0.771 bits per heavy atom. The van der Waals surface area contributed by atoms with Gasteiger partial charge in [-0.2, -0.15) is 0 Å². The number of allylic oxidation sites excluding steroid dienone is 30. The summed E-state index contributed by atoms with van der Waals surface area (Å²) in [6.45, 7) is 2.39. The van der Waals surface area contributed by atoms with Gasteiger partial charge in [0.15, 0.2) is 6.10 Å². The highest BCUT2D eigenvalue weighted by Gasteiger charge is 2.29. The third kappa shape index (κ3) is 83.4. The number of aliphatic hydroxyl groups is 2. The van der Waals surface area contributed by atoms with E-state index in [0.29, 0.717) is 19.3 Å². The Morgan fingerprint density at radius 1 is 0.266 bits per heavy atom. The summed E-state index contributed by atoms with van der Waals surface area (Å²) >= 11 is 0. The number of carbonyl (C=O) groups excluding carboxylic acids is 3. The number of unbranched alkanes of at least 4 members (excludes halogenated alkanes) is 25. The second-order valence-electron chi connectivity index (χ2n) is 27.5. The molecule has 0 amide bonds. The molecule has 18 heteroatoms. The number of hydrogen-bond acceptors (Lipinski definition) is 14. The fourth-order valence-electron chi connectivity index (χ4n) is 10.8. The van der Waals surface area contributed by atoms with Crippen molar-refractivity contribution in [3.8, 4) is 0 Å². The Bertz CT molecular complexity index is 2710. The molecule has 5 unspecified atom stereocenters. The third-order valence-electron chi connectivity index (χ3n) is 17.1. The van der Waals surface area contributed by atoms with E-state index in [1.54, 1.807) is 0 Å². The Morgan fingerprint density at radius 2 is 0.486 bits per heavy atom. The highest BCUT2D eigenvalue weighted by Crippen LogP contribution is 2.45. The van der Waals surface area contributed by atoms with Crippen LogP contribution in [0.25, 0.3) is 0 Å². The zero-order chi connectivity index (χ0) is 79.4. The van der Waals surface area contributed by atoms with Crippen LogP contribution in [0.3, 0.4) is 0 Å². The summed E-state index contributed by atoms with van der Waals surface area (Å²) < 4.78 is 61.3. The number of hydrogen-bond donors (Lipinski definition) is 4. The molecular weight excluding hydrogens is 1410 g/mol. The molecule has 0 saturated heterocycles. The van der Waals surface area contributed by atoms with Crippen LogP contribution >= 0.6 is 15.6 Å². The Hall–Kier alpha value is -5.35. The SMILES string of the molecule is CC/C=C\C/C=C\C/C=C\C/C=C\C/C=C\C/C=C\CCCCCCCCCCC(=O)OCC(O)COP(=O)(O)OCC(O)COP(=O)(O)OCC(COC(=O)CCCCCCCCCCC/C=C\C/C=C\C/C=C\C/C=C\C/C=C\CC)OC(=O)CCCCCCC/C=C\C/C=C\C/C=C\C/C=C\CCCCC. The van der Waals surface area contributed by atoms with E-state index in [1.807, 2.05) is 0 Å². The molecule has 0 aromatic heterocycles. The minimum absolute atomic E-state index is 0.0758. The van der Waals surface area contributed by atoms with Gasteiger partial charge in [-0.25, -0.2) is 9.13 Å². The van der Waals surface area contributed by atoms with E-state index in [-0.39, 0.29) is 19.3 Å². The normalized spacial score (nSPS) is 14.8. The molecule has 0 fully saturated rings. The van der Waals surface area contributed by atoms with Crippen LogP contribution in [-0.4, -0.2) is 95.9 Å². The summed E-state index contributed by atoms with van der Waals surface area (Å²) in [6.07, 6.45) is 106. The lowest BCUT2D eigenvalue weighted by Crippen LogP contribution is -2.30. The lowest BCUT2D eigenvalue weighted by atomic mass is 10.1. The molecule has 0 heterocycles. The molecule has 0 saturated carbocycles. The van der Waals surface area contributed by atoms with Crippen LogP contribution in [0.15, 0.2) is 182 Å². The fraction of sp³-hybridized carbons (Fsp3) is 0.637. The number of rotatable bonds is 78. The van der Waals surface area contributed by atoms with Crippen LogP contribution in [0.4, 0.5) is 0 Å². The summed E-state index contributed by atoms with van der Waals surface area (Å²) in [5, 5.41) is 20.7. The summed E-state index contributed by atoms with van der Waals surface area (Å²) in [4.78, 5) is 58.9. The molecule has 0 aliphatic heterocycles. The van der Waals surface area contributed by atoms with E-state index < -0.39 is 91.5 Å². The average molecular weight is 1560 g/mol. The lowest BCUT2D eigenvalue weighted by molar-refractivity contribution is -0.161. The van der Waals surface area contributed by atoms with Crippen LogP contribution in [0.5, 0.6) is 0 Å². The number of phosphoric acid groups is 2. The van der Waals surface area contributed by atoms with Crippen molar-refractivity contribution < 1.29 is 75.8 Å². The maximum atomic E-state index is 13.0. The van der Waals surface area contributed by atoms with Crippen molar-refractivity contribution in [2.45, 2.75) is 334 Å². The van der Waals surface area contributed by atoms with E-state index >= 15 is 0 Å². The van der Waals surface area contributed by atoms with Crippen LogP contribution in [0.1, 0.15) is 316 Å². The molecule has 5 atom stereocenters. The van der Waals surface area contributed by atoms with E-state index in [4.69, 9.17) is 32.3 Å². The number of esters is 3. The number of ether oxygens (including phenoxy) is 3. The van der Waals surface area contributed by atoms with Crippen molar-refractivity contribution in [1.82, 2.24) is 0 Å². The monoisotopic (exact) mass is 1560 g/mol. The number of carbonyl (C=O) groups is 3. The maximum Gasteiger partial charge on any atom is 0.472 e. The van der Waals surface area contributed by atoms with E-state index in [9.17, 15) is 43.5 Å². The minimum atomic E-state index is -4.95. The van der Waals surface area contributed by atoms with Gasteiger partial charge < -0.3 is 34.2 Å². The molecule has 16 nitrogen and oxygen atoms in total. The van der Waals surface area contributed by atoms with Crippen molar-refractivity contribution in [1.29, 1.82) is 0 Å². The molecule has 0 rings (SSSR count). The van der Waals surface area contributed by atoms with Gasteiger partial charge >= 0.3 is 33.6 Å². The molecule has 0 radical (unpaired) electrons. The highest BCUT2D eigenvalue weighted by molar-refractivity contribution is 7.47. The standard InChI is InChI=1S/C91H150O16P2/c1-4-7-10-13-16-19-22-25-28-31-34-37-39-41-42-44-46-48-50-53-56-59-62-65-68-71-74-77-89(94)101-80-86(92)81-103-108(97,98)104-82-87(93)83-105-109(99,100)106-85-88(107-91(96)79-76-73-70-67-64-61-58-55-52-47-36-33-30-27-24-21-18-15-12-9-6-3)84-102-90(95)78-75-72-69-66-63-60-57-54-51-49-45-43-40-38-35-32-29-26-23-20-17-14-11-8-5-2/h7-8,10-11,16-21,25-30,34-38,41-43,45-48,55,58,86-88,92-93H,4-6,9,12-15,22-24,31-33,39-40,44,49-54,56-57,59-85H2,1-3H3,(H,97,98)(H,99,100)/b10-7-,11-8-,19-16-,20-17-,21-18-,28-25-,29-26-,30-27-,37-34-,38-35-,42-41-,45-43-,47-36-,48-46-,58-55-. The first-order chi connectivity index (χ1) is 53.2. The minimum Gasteiger partial charge on any atom is -0.463 e. The van der Waals surface area contributed by atoms with E-state index in [1.165, 1.54) is 64.2 Å². The molecular formula is C91H150O16P2. The summed E-state index contributed by atoms with van der Waals surface area (Å²) in [7, 11) is -9.82. The van der Waals surface area contributed by atoms with Crippen molar-refractivity contribution in [3.63, 3.8) is 0 Å². The third-order valence-corrected chi connectivity index (χ3v) is 19.0. The second-order valence-corrected chi connectivity index (χ2v) is 30.4. The van der Waals surface area contributed by atoms with Crippen LogP contribution in [0, 0.1) is 0 Å². The van der Waals surface area contributed by atoms with Crippen LogP contribution < -0.4 is 0 Å². The summed E-state index contributed by atoms with van der Waals surface area (Å²) in [6, 6.07) is 0. The van der Waals surface area contributed by atoms with Crippen molar-refractivity contribution in [3.05, 3.63) is 182 Å². The first-order valence-electron chi connectivity index (χ1n) is 42.1. The van der Waals surface area contributed by atoms with Gasteiger partial charge in [0, 0.05) is 19.3 Å². The molecule has 0 aromatic carbocycles. The Kier molecular flexibility index (Phi) is 78.1. The van der Waals surface area contributed by atoms with Gasteiger partial charge in [-0.05, 0) is 161 Å². The largest absolute Gasteiger partial charge is 0.472 e. The van der Waals surface area contributed by atoms with Gasteiger partial charge in [-0.3, -0.25) is 32.5 Å². The molecule has 109 heavy (non-hydrogen) atoms. The molecule has 4 N–H and O–H groups in total. The maximum absolute atomic E-state index is 13.0. The molecule has 0 aromatic rings. The summed E-state index contributed by atoms with van der Waals surface area (Å²) in [5.74, 6) is -1.62. The van der Waals surface area contributed by atoms with Crippen molar-refractivity contribution in [2.24, 2.45) is 0 Å². The summed E-state index contributed by atoms with van der Waals surface area (Å²) in [5.41, 5.74) is 0. The fourth-order valence-corrected chi connectivity index (χ4v) is 12.3. The van der Waals surface area contributed by atoms with Crippen molar-refractivity contribution in [2.75, 3.05) is 39.6 Å². The van der Waals surface area contributed by atoms with Crippen LogP contribution in [-0.2, 0) is 55.8 Å². The van der Waals surface area contributed by atoms with Gasteiger partial charge in [-0.1, -0.05) is 319 Å². The first-order valence-corrected chi connectivity index (χ1v) is 45.1. The molecule has 0 spiro atoms. The smallest absolute Gasteiger partial charge is 0.463 e. The van der Waals surface area contributed by atoms with E-state index in [0.717, 1.165) is 193 Å². The predicted octanol–water partition coefficient (Wildman–Crippen LogP) is 25.3. The van der Waals surface area contributed by atoms with E-state index in [2.05, 4.69) is 203 Å². The average Bonchev–Trinajstić information content (AvgIpc) is 0.902. The lowest BCUT2D eigenvalue weighted by Gasteiger charge is -2.21. The second kappa shape index (κ2) is 82.1. The quantitative estimate of drug-likeness (QED) is 0.0146. The zero-order valence-electron chi connectivity index (χ0n) is 67.9. The molecule has 620 valence electrons. The van der Waals surface area contributed by atoms with Gasteiger partial charge in [0.25, 0.3) is 0 Å².